The van der Waals surface area contributed by atoms with Gasteiger partial charge >= 0.3 is 5.97 Å². The number of fused-ring (bicyclic) bond motifs is 1. The van der Waals surface area contributed by atoms with Crippen LogP contribution in [-0.2, 0) is 9.59 Å². The Hall–Kier alpha value is -2.76. The fourth-order valence-electron chi connectivity index (χ4n) is 2.26. The molecule has 23 heavy (non-hydrogen) atoms. The second kappa shape index (κ2) is 7.49. The molecule has 0 saturated heterocycles. The van der Waals surface area contributed by atoms with E-state index >= 15 is 0 Å². The van der Waals surface area contributed by atoms with Crippen molar-refractivity contribution in [3.63, 3.8) is 0 Å². The summed E-state index contributed by atoms with van der Waals surface area (Å²) in [5.41, 5.74) is 1.09. The number of benzene rings is 1. The third kappa shape index (κ3) is 3.91. The largest absolute Gasteiger partial charge is 0.493 e. The molecular weight excluding hydrogens is 298 g/mol. The van der Waals surface area contributed by atoms with E-state index in [2.05, 4.69) is 11.9 Å². The number of allylic oxidation sites excluding steroid dienone is 1. The summed E-state index contributed by atoms with van der Waals surface area (Å²) in [7, 11) is 1.54. The average Bonchev–Trinajstić information content (AvgIpc) is 2.56. The van der Waals surface area contributed by atoms with Crippen LogP contribution in [0.4, 0.5) is 0 Å². The second-order valence-electron chi connectivity index (χ2n) is 5.07. The Labute approximate surface area is 134 Å². The lowest BCUT2D eigenvalue weighted by molar-refractivity contribution is -0.141. The number of hydrogen-bond acceptors (Lipinski definition) is 4. The van der Waals surface area contributed by atoms with E-state index in [1.54, 1.807) is 37.5 Å². The van der Waals surface area contributed by atoms with Crippen LogP contribution in [0.2, 0.25) is 0 Å². The van der Waals surface area contributed by atoms with E-state index in [0.29, 0.717) is 29.9 Å². The first kappa shape index (κ1) is 16.6. The van der Waals surface area contributed by atoms with Crippen LogP contribution < -0.4 is 14.8 Å². The number of hydrogen-bond donors (Lipinski definition) is 2. The summed E-state index contributed by atoms with van der Waals surface area (Å²) in [6.45, 7) is 3.62. The minimum absolute atomic E-state index is 0.0625. The van der Waals surface area contributed by atoms with Gasteiger partial charge in [-0.3, -0.25) is 4.79 Å². The molecule has 0 saturated carbocycles. The molecule has 2 N–H and O–H groups in total. The molecular formula is C17H19NO5. The number of carbonyl (C=O) groups excluding carboxylic acids is 1. The predicted octanol–water partition coefficient (Wildman–Crippen LogP) is 2.01. The molecule has 1 aromatic carbocycles. The Balaban J connectivity index is 2.15. The van der Waals surface area contributed by atoms with E-state index in [4.69, 9.17) is 14.6 Å². The minimum Gasteiger partial charge on any atom is -0.493 e. The van der Waals surface area contributed by atoms with Gasteiger partial charge in [0, 0.05) is 5.56 Å². The van der Waals surface area contributed by atoms with E-state index in [1.165, 1.54) is 0 Å². The van der Waals surface area contributed by atoms with Crippen LogP contribution >= 0.6 is 0 Å². The SMILES string of the molecule is C=CCCC(NC(=O)C1=Cc2cccc(OC)c2OC1)C(=O)O. The Kier molecular flexibility index (Phi) is 5.41. The summed E-state index contributed by atoms with van der Waals surface area (Å²) < 4.78 is 10.8. The van der Waals surface area contributed by atoms with Crippen molar-refractivity contribution in [2.45, 2.75) is 18.9 Å². The number of methoxy groups -OCH3 is 1. The summed E-state index contributed by atoms with van der Waals surface area (Å²) in [4.78, 5) is 23.4. The molecule has 0 aromatic heterocycles. The Bertz CT molecular complexity index is 650. The quantitative estimate of drug-likeness (QED) is 0.751. The van der Waals surface area contributed by atoms with Crippen LogP contribution in [0.1, 0.15) is 18.4 Å². The number of carbonyl (C=O) groups is 2. The van der Waals surface area contributed by atoms with Gasteiger partial charge in [0.2, 0.25) is 0 Å². The van der Waals surface area contributed by atoms with E-state index in [-0.39, 0.29) is 6.61 Å². The summed E-state index contributed by atoms with van der Waals surface area (Å²) in [6.07, 6.45) is 4.10. The topological polar surface area (TPSA) is 84.9 Å². The third-order valence-corrected chi connectivity index (χ3v) is 3.49. The van der Waals surface area contributed by atoms with Gasteiger partial charge in [0.15, 0.2) is 11.5 Å². The van der Waals surface area contributed by atoms with E-state index in [0.717, 1.165) is 5.56 Å². The Morgan fingerprint density at radius 3 is 2.96 bits per heavy atom. The zero-order chi connectivity index (χ0) is 16.8. The zero-order valence-corrected chi connectivity index (χ0v) is 12.9. The maximum absolute atomic E-state index is 12.3. The van der Waals surface area contributed by atoms with Crippen molar-refractivity contribution in [2.24, 2.45) is 0 Å². The van der Waals surface area contributed by atoms with Gasteiger partial charge in [-0.1, -0.05) is 18.2 Å². The fourth-order valence-corrected chi connectivity index (χ4v) is 2.26. The number of nitrogens with one attached hydrogen (secondary N) is 1. The molecule has 0 aliphatic carbocycles. The molecule has 0 bridgehead atoms. The van der Waals surface area contributed by atoms with Gasteiger partial charge < -0.3 is 19.9 Å². The number of amides is 1. The van der Waals surface area contributed by atoms with Crippen LogP contribution in [0, 0.1) is 0 Å². The molecule has 1 aromatic rings. The van der Waals surface area contributed by atoms with Gasteiger partial charge in [-0.15, -0.1) is 6.58 Å². The molecule has 1 heterocycles. The Morgan fingerprint density at radius 1 is 1.52 bits per heavy atom. The van der Waals surface area contributed by atoms with Gasteiger partial charge in [0.05, 0.1) is 12.7 Å². The van der Waals surface area contributed by atoms with Crippen molar-refractivity contribution in [2.75, 3.05) is 13.7 Å². The average molecular weight is 317 g/mol. The number of aliphatic carboxylic acids is 1. The number of rotatable bonds is 7. The van der Waals surface area contributed by atoms with Crippen LogP contribution in [0.15, 0.2) is 36.4 Å². The highest BCUT2D eigenvalue weighted by atomic mass is 16.5. The maximum Gasteiger partial charge on any atom is 0.326 e. The highest BCUT2D eigenvalue weighted by molar-refractivity contribution is 6.01. The summed E-state index contributed by atoms with van der Waals surface area (Å²) >= 11 is 0. The first-order valence-electron chi connectivity index (χ1n) is 7.21. The van der Waals surface area contributed by atoms with Gasteiger partial charge in [0.25, 0.3) is 5.91 Å². The third-order valence-electron chi connectivity index (χ3n) is 3.49. The lowest BCUT2D eigenvalue weighted by atomic mass is 10.1. The highest BCUT2D eigenvalue weighted by Crippen LogP contribution is 2.35. The normalized spacial score (nSPS) is 13.9. The zero-order valence-electron chi connectivity index (χ0n) is 12.9. The van der Waals surface area contributed by atoms with Gasteiger partial charge in [0.1, 0.15) is 12.6 Å². The van der Waals surface area contributed by atoms with Crippen LogP contribution in [0.5, 0.6) is 11.5 Å². The van der Waals surface area contributed by atoms with Crippen molar-refractivity contribution in [3.05, 3.63) is 42.0 Å². The second-order valence-corrected chi connectivity index (χ2v) is 5.07. The molecule has 6 nitrogen and oxygen atoms in total. The van der Waals surface area contributed by atoms with Crippen molar-refractivity contribution < 1.29 is 24.2 Å². The van der Waals surface area contributed by atoms with Crippen molar-refractivity contribution in [1.29, 1.82) is 0 Å². The van der Waals surface area contributed by atoms with Gasteiger partial charge in [-0.25, -0.2) is 4.79 Å². The number of carboxylic acid groups (broad SMARTS) is 1. The van der Waals surface area contributed by atoms with Crippen LogP contribution in [0.3, 0.4) is 0 Å². The first-order valence-corrected chi connectivity index (χ1v) is 7.21. The Morgan fingerprint density at radius 2 is 2.30 bits per heavy atom. The lowest BCUT2D eigenvalue weighted by Gasteiger charge is -2.21. The standard InChI is InChI=1S/C17H19NO5/c1-3-4-7-13(17(20)21)18-16(19)12-9-11-6-5-8-14(22-2)15(11)23-10-12/h3,5-6,8-9,13H,1,4,7,10H2,2H3,(H,18,19)(H,20,21). The molecule has 0 spiro atoms. The van der Waals surface area contributed by atoms with Gasteiger partial charge in [-0.05, 0) is 25.0 Å². The van der Waals surface area contributed by atoms with Crippen molar-refractivity contribution >= 4 is 18.0 Å². The fraction of sp³-hybridized carbons (Fsp3) is 0.294. The molecule has 0 radical (unpaired) electrons. The number of ether oxygens (including phenoxy) is 2. The lowest BCUT2D eigenvalue weighted by Crippen LogP contribution is -2.42. The molecule has 0 fully saturated rings. The van der Waals surface area contributed by atoms with Crippen LogP contribution in [0.25, 0.3) is 6.08 Å². The van der Waals surface area contributed by atoms with Crippen molar-refractivity contribution in [3.8, 4) is 11.5 Å². The molecule has 1 unspecified atom stereocenters. The molecule has 6 heteroatoms. The minimum atomic E-state index is -1.07. The number of carboxylic acids is 1. The molecule has 1 aliphatic heterocycles. The molecule has 122 valence electrons. The summed E-state index contributed by atoms with van der Waals surface area (Å²) in [5, 5.41) is 11.7. The van der Waals surface area contributed by atoms with Crippen LogP contribution in [-0.4, -0.2) is 36.7 Å². The van der Waals surface area contributed by atoms with Gasteiger partial charge in [-0.2, -0.15) is 0 Å². The highest BCUT2D eigenvalue weighted by Gasteiger charge is 2.24. The predicted molar refractivity (Wildman–Crippen MR) is 85.5 cm³/mol. The van der Waals surface area contributed by atoms with Crippen molar-refractivity contribution in [1.82, 2.24) is 5.32 Å². The monoisotopic (exact) mass is 317 g/mol. The summed E-state index contributed by atoms with van der Waals surface area (Å²) in [6, 6.07) is 4.42. The first-order chi connectivity index (χ1) is 11.1. The molecule has 2 rings (SSSR count). The molecule has 1 atom stereocenters. The maximum atomic E-state index is 12.3. The van der Waals surface area contributed by atoms with E-state index < -0.39 is 17.9 Å². The smallest absolute Gasteiger partial charge is 0.326 e. The van der Waals surface area contributed by atoms with E-state index in [1.807, 2.05) is 0 Å². The number of para-hydroxylation sites is 1. The summed E-state index contributed by atoms with van der Waals surface area (Å²) in [5.74, 6) is -0.352. The van der Waals surface area contributed by atoms with E-state index in [9.17, 15) is 9.59 Å². The molecule has 1 aliphatic rings. The molecule has 1 amide bonds.